The van der Waals surface area contributed by atoms with Gasteiger partial charge < -0.3 is 25.6 Å². The molecule has 2 amide bonds. The van der Waals surface area contributed by atoms with Crippen molar-refractivity contribution < 1.29 is 23.2 Å². The Morgan fingerprint density at radius 2 is 1.89 bits per heavy atom. The van der Waals surface area contributed by atoms with Gasteiger partial charge in [0.15, 0.2) is 5.69 Å². The highest BCUT2D eigenvalue weighted by atomic mass is 19.1. The van der Waals surface area contributed by atoms with Crippen LogP contribution >= 0.6 is 0 Å². The monoisotopic (exact) mass is 479 g/mol. The summed E-state index contributed by atoms with van der Waals surface area (Å²) in [7, 11) is 0. The second-order valence-electron chi connectivity index (χ2n) is 9.38. The first kappa shape index (κ1) is 22.8. The lowest BCUT2D eigenvalue weighted by molar-refractivity contribution is -0.0849. The number of rotatable bonds is 6. The van der Waals surface area contributed by atoms with Crippen molar-refractivity contribution in [1.82, 2.24) is 10.1 Å². The number of carbonyl (C=O) groups excluding carboxylic acids is 2. The summed E-state index contributed by atoms with van der Waals surface area (Å²) in [5.41, 5.74) is 12.4. The number of halogens is 1. The summed E-state index contributed by atoms with van der Waals surface area (Å²) < 4.78 is 23.8. The number of nitrogens with two attached hydrogens (primary N) is 2. The lowest BCUT2D eigenvalue weighted by Crippen LogP contribution is -2.57. The Kier molecular flexibility index (Phi) is 5.88. The van der Waals surface area contributed by atoms with Gasteiger partial charge in [-0.05, 0) is 60.4 Å². The number of anilines is 1. The van der Waals surface area contributed by atoms with Crippen molar-refractivity contribution >= 4 is 17.8 Å². The molecule has 9 nitrogen and oxygen atoms in total. The Morgan fingerprint density at radius 1 is 1.14 bits per heavy atom. The minimum absolute atomic E-state index is 0.0374. The molecule has 5 rings (SSSR count). The van der Waals surface area contributed by atoms with Crippen LogP contribution in [0.5, 0.6) is 0 Å². The van der Waals surface area contributed by atoms with Gasteiger partial charge in [0, 0.05) is 37.3 Å². The second-order valence-corrected chi connectivity index (χ2v) is 9.38. The predicted octanol–water partition coefficient (Wildman–Crippen LogP) is 3.29. The van der Waals surface area contributed by atoms with E-state index < -0.39 is 12.0 Å². The maximum Gasteiger partial charge on any atom is 0.404 e. The van der Waals surface area contributed by atoms with Crippen LogP contribution in [0.1, 0.15) is 35.5 Å². The zero-order chi connectivity index (χ0) is 24.6. The zero-order valence-corrected chi connectivity index (χ0v) is 19.0. The fourth-order valence-electron chi connectivity index (χ4n) is 5.39. The molecule has 1 spiro atoms. The maximum absolute atomic E-state index is 13.2. The number of pyridine rings is 1. The smallest absolute Gasteiger partial charge is 0.404 e. The summed E-state index contributed by atoms with van der Waals surface area (Å²) in [5, 5.41) is 3.76. The number of piperidine rings is 1. The standard InChI is InChI=1S/C25H26FN5O4/c26-18-4-1-15(2-5-18)16-3-6-22(29-13-16)31-8-7-25(11-20(12-25)34-24(28)33)17(14-31)9-19-10-21(23(27)32)30-35-19/h1-6,10,13,17,20H,7-9,11-12,14H2,(H2,27,32)(H2,28,33). The fourth-order valence-corrected chi connectivity index (χ4v) is 5.39. The summed E-state index contributed by atoms with van der Waals surface area (Å²) in [6.45, 7) is 1.50. The van der Waals surface area contributed by atoms with Gasteiger partial charge in [-0.2, -0.15) is 0 Å². The van der Waals surface area contributed by atoms with Crippen LogP contribution in [0.4, 0.5) is 15.0 Å². The Morgan fingerprint density at radius 3 is 2.51 bits per heavy atom. The molecule has 4 N–H and O–H groups in total. The largest absolute Gasteiger partial charge is 0.446 e. The molecule has 10 heteroatoms. The topological polar surface area (TPSA) is 138 Å². The van der Waals surface area contributed by atoms with E-state index in [9.17, 15) is 14.0 Å². The van der Waals surface area contributed by atoms with Crippen LogP contribution in [-0.4, -0.2) is 41.3 Å². The summed E-state index contributed by atoms with van der Waals surface area (Å²) in [4.78, 5) is 29.5. The van der Waals surface area contributed by atoms with Crippen molar-refractivity contribution in [3.63, 3.8) is 0 Å². The molecule has 1 atom stereocenters. The first-order valence-corrected chi connectivity index (χ1v) is 11.5. The minimum Gasteiger partial charge on any atom is -0.446 e. The van der Waals surface area contributed by atoms with Crippen molar-refractivity contribution in [3.05, 3.63) is 65.9 Å². The van der Waals surface area contributed by atoms with Crippen LogP contribution in [0.25, 0.3) is 11.1 Å². The number of hydrogen-bond acceptors (Lipinski definition) is 7. The average Bonchev–Trinajstić information content (AvgIpc) is 3.28. The van der Waals surface area contributed by atoms with Gasteiger partial charge in [0.05, 0.1) is 0 Å². The van der Waals surface area contributed by atoms with Crippen LogP contribution in [0.15, 0.2) is 53.2 Å². The van der Waals surface area contributed by atoms with Crippen LogP contribution in [0.2, 0.25) is 0 Å². The first-order chi connectivity index (χ1) is 16.8. The van der Waals surface area contributed by atoms with Crippen LogP contribution in [-0.2, 0) is 11.2 Å². The molecule has 1 saturated heterocycles. The molecule has 0 bridgehead atoms. The van der Waals surface area contributed by atoms with Gasteiger partial charge in [-0.15, -0.1) is 0 Å². The number of amides is 2. The zero-order valence-electron chi connectivity index (χ0n) is 19.0. The molecule has 182 valence electrons. The van der Waals surface area contributed by atoms with Crippen molar-refractivity contribution in [2.75, 3.05) is 18.0 Å². The molecule has 2 aliphatic rings. The minimum atomic E-state index is -0.759. The Labute approximate surface area is 201 Å². The first-order valence-electron chi connectivity index (χ1n) is 11.5. The van der Waals surface area contributed by atoms with E-state index in [0.29, 0.717) is 18.7 Å². The normalized spacial score (nSPS) is 23.6. The van der Waals surface area contributed by atoms with Gasteiger partial charge in [0.2, 0.25) is 0 Å². The SMILES string of the molecule is NC(=O)OC1CC2(CCN(c3ccc(-c4ccc(F)cc4)cn3)CC2Cc2cc(C(N)=O)no2)C1. The summed E-state index contributed by atoms with van der Waals surface area (Å²) in [6.07, 6.45) is 3.74. The molecule has 1 unspecified atom stereocenters. The summed E-state index contributed by atoms with van der Waals surface area (Å²) in [5.74, 6) is 0.667. The molecule has 3 aromatic rings. The fraction of sp³-hybridized carbons (Fsp3) is 0.360. The summed E-state index contributed by atoms with van der Waals surface area (Å²) >= 11 is 0. The molecule has 35 heavy (non-hydrogen) atoms. The Hall–Kier alpha value is -3.95. The Balaban J connectivity index is 1.33. The molecule has 1 aliphatic heterocycles. The molecular weight excluding hydrogens is 453 g/mol. The third kappa shape index (κ3) is 4.68. The van der Waals surface area contributed by atoms with Gasteiger partial charge in [-0.25, -0.2) is 14.2 Å². The van der Waals surface area contributed by atoms with E-state index in [4.69, 9.17) is 20.7 Å². The number of primary amides is 2. The Bertz CT molecular complexity index is 1220. The second kappa shape index (κ2) is 9.01. The van der Waals surface area contributed by atoms with Crippen molar-refractivity contribution in [3.8, 4) is 11.1 Å². The third-order valence-electron chi connectivity index (χ3n) is 7.25. The number of nitrogens with zero attached hydrogens (tertiary/aromatic N) is 3. The highest BCUT2D eigenvalue weighted by Gasteiger charge is 2.53. The van der Waals surface area contributed by atoms with Crippen molar-refractivity contribution in [1.29, 1.82) is 0 Å². The van der Waals surface area contributed by atoms with Gasteiger partial charge in [-0.1, -0.05) is 17.3 Å². The van der Waals surface area contributed by atoms with Gasteiger partial charge in [0.1, 0.15) is 23.5 Å². The molecule has 1 aliphatic carbocycles. The van der Waals surface area contributed by atoms with E-state index in [-0.39, 0.29) is 28.9 Å². The van der Waals surface area contributed by atoms with Crippen LogP contribution in [0.3, 0.4) is 0 Å². The quantitative estimate of drug-likeness (QED) is 0.553. The van der Waals surface area contributed by atoms with E-state index in [1.54, 1.807) is 24.4 Å². The van der Waals surface area contributed by atoms with E-state index in [2.05, 4.69) is 15.0 Å². The predicted molar refractivity (Wildman–Crippen MR) is 125 cm³/mol. The lowest BCUT2D eigenvalue weighted by atomic mass is 9.55. The molecule has 1 aromatic carbocycles. The highest BCUT2D eigenvalue weighted by Crippen LogP contribution is 2.54. The van der Waals surface area contributed by atoms with Crippen molar-refractivity contribution in [2.45, 2.75) is 31.8 Å². The average molecular weight is 480 g/mol. The molecule has 2 aromatic heterocycles. The molecular formula is C25H26FN5O4. The van der Waals surface area contributed by atoms with E-state index in [1.165, 1.54) is 12.1 Å². The lowest BCUT2D eigenvalue weighted by Gasteiger charge is -2.56. The number of carbonyl (C=O) groups is 2. The summed E-state index contributed by atoms with van der Waals surface area (Å²) in [6, 6.07) is 11.8. The van der Waals surface area contributed by atoms with Crippen LogP contribution in [0, 0.1) is 17.2 Å². The molecule has 3 heterocycles. The van der Waals surface area contributed by atoms with Gasteiger partial charge in [-0.3, -0.25) is 4.79 Å². The van der Waals surface area contributed by atoms with E-state index >= 15 is 0 Å². The van der Waals surface area contributed by atoms with E-state index in [0.717, 1.165) is 42.8 Å². The number of benzene rings is 1. The molecule has 1 saturated carbocycles. The molecule has 2 fully saturated rings. The number of aromatic nitrogens is 2. The van der Waals surface area contributed by atoms with Gasteiger partial charge in [0.25, 0.3) is 5.91 Å². The number of hydrogen-bond donors (Lipinski definition) is 2. The third-order valence-corrected chi connectivity index (χ3v) is 7.25. The number of ether oxygens (including phenoxy) is 1. The molecule has 0 radical (unpaired) electrons. The van der Waals surface area contributed by atoms with Crippen molar-refractivity contribution in [2.24, 2.45) is 22.8 Å². The van der Waals surface area contributed by atoms with Gasteiger partial charge >= 0.3 is 6.09 Å². The maximum atomic E-state index is 13.2. The van der Waals surface area contributed by atoms with E-state index in [1.807, 2.05) is 12.1 Å². The van der Waals surface area contributed by atoms with Crippen LogP contribution < -0.4 is 16.4 Å². The highest BCUT2D eigenvalue weighted by molar-refractivity contribution is 5.90.